The Balaban J connectivity index is 1.62. The first-order chi connectivity index (χ1) is 9.75. The van der Waals surface area contributed by atoms with Crippen LogP contribution in [0.4, 0.5) is 16.3 Å². The van der Waals surface area contributed by atoms with Gasteiger partial charge in [-0.1, -0.05) is 0 Å². The molecule has 3 rings (SSSR count). The maximum absolute atomic E-state index is 11.8. The van der Waals surface area contributed by atoms with Crippen molar-refractivity contribution in [2.45, 2.75) is 25.3 Å². The quantitative estimate of drug-likeness (QED) is 0.885. The lowest BCUT2D eigenvalue weighted by molar-refractivity contribution is 0.0499. The molecule has 20 heavy (non-hydrogen) atoms. The summed E-state index contributed by atoms with van der Waals surface area (Å²) in [6, 6.07) is 4.00. The molecule has 0 saturated carbocycles. The molecule has 6 nitrogen and oxygen atoms in total. The minimum atomic E-state index is -0.160. The Hall–Kier alpha value is -1.98. The lowest BCUT2D eigenvalue weighted by atomic mass is 10.0. The number of nitrogens with zero attached hydrogens (tertiary/aromatic N) is 3. The van der Waals surface area contributed by atoms with Crippen molar-refractivity contribution < 1.29 is 9.53 Å². The van der Waals surface area contributed by atoms with Crippen LogP contribution in [0, 0.1) is 0 Å². The molecule has 1 aromatic heterocycles. The number of pyridine rings is 1. The predicted octanol–water partition coefficient (Wildman–Crippen LogP) is 1.47. The number of carbonyl (C=O) groups excluding carboxylic acids is 1. The van der Waals surface area contributed by atoms with E-state index in [9.17, 15) is 4.79 Å². The summed E-state index contributed by atoms with van der Waals surface area (Å²) in [5.41, 5.74) is 6.67. The highest BCUT2D eigenvalue weighted by Gasteiger charge is 2.31. The van der Waals surface area contributed by atoms with E-state index in [1.807, 2.05) is 17.0 Å². The minimum Gasteiger partial charge on any atom is -0.449 e. The van der Waals surface area contributed by atoms with Gasteiger partial charge in [0.2, 0.25) is 0 Å². The van der Waals surface area contributed by atoms with Crippen molar-refractivity contribution in [2.75, 3.05) is 36.9 Å². The van der Waals surface area contributed by atoms with Crippen molar-refractivity contribution in [3.05, 3.63) is 18.3 Å². The molecule has 0 atom stereocenters. The molecule has 0 spiro atoms. The standard InChI is InChI=1S/C14H20N4O2/c15-12-3-1-6-16-13(12)17-8-4-11(5-9-17)18-7-2-10-20-14(18)19/h1,3,6,11H,2,4-5,7-10,15H2. The zero-order valence-corrected chi connectivity index (χ0v) is 11.5. The summed E-state index contributed by atoms with van der Waals surface area (Å²) in [4.78, 5) is 20.2. The summed E-state index contributed by atoms with van der Waals surface area (Å²) in [6.45, 7) is 3.11. The number of hydrogen-bond donors (Lipinski definition) is 1. The van der Waals surface area contributed by atoms with Gasteiger partial charge < -0.3 is 20.3 Å². The van der Waals surface area contributed by atoms with Crippen LogP contribution < -0.4 is 10.6 Å². The Morgan fingerprint density at radius 1 is 1.30 bits per heavy atom. The van der Waals surface area contributed by atoms with Crippen LogP contribution in [0.5, 0.6) is 0 Å². The van der Waals surface area contributed by atoms with E-state index in [1.54, 1.807) is 6.20 Å². The van der Waals surface area contributed by atoms with Crippen molar-refractivity contribution in [2.24, 2.45) is 0 Å². The van der Waals surface area contributed by atoms with Crippen molar-refractivity contribution >= 4 is 17.6 Å². The highest BCUT2D eigenvalue weighted by molar-refractivity contribution is 5.69. The summed E-state index contributed by atoms with van der Waals surface area (Å²) in [7, 11) is 0. The van der Waals surface area contributed by atoms with Crippen molar-refractivity contribution in [1.82, 2.24) is 9.88 Å². The zero-order chi connectivity index (χ0) is 13.9. The van der Waals surface area contributed by atoms with Gasteiger partial charge in [0.25, 0.3) is 0 Å². The molecule has 2 aliphatic heterocycles. The van der Waals surface area contributed by atoms with E-state index in [4.69, 9.17) is 10.5 Å². The highest BCUT2D eigenvalue weighted by Crippen LogP contribution is 2.26. The molecule has 0 aliphatic carbocycles. The van der Waals surface area contributed by atoms with E-state index >= 15 is 0 Å². The molecule has 6 heteroatoms. The number of piperidine rings is 1. The summed E-state index contributed by atoms with van der Waals surface area (Å²) in [5.74, 6) is 0.854. The molecule has 2 N–H and O–H groups in total. The second kappa shape index (κ2) is 5.56. The van der Waals surface area contributed by atoms with Gasteiger partial charge in [-0.05, 0) is 31.4 Å². The largest absolute Gasteiger partial charge is 0.449 e. The maximum atomic E-state index is 11.8. The van der Waals surface area contributed by atoms with E-state index in [-0.39, 0.29) is 12.1 Å². The number of carbonyl (C=O) groups is 1. The molecule has 3 heterocycles. The van der Waals surface area contributed by atoms with Crippen LogP contribution in [0.15, 0.2) is 18.3 Å². The molecular weight excluding hydrogens is 256 g/mol. The van der Waals surface area contributed by atoms with Crippen LogP contribution >= 0.6 is 0 Å². The Labute approximate surface area is 118 Å². The Morgan fingerprint density at radius 2 is 2.10 bits per heavy atom. The number of amides is 1. The fourth-order valence-electron chi connectivity index (χ4n) is 2.96. The fourth-order valence-corrected chi connectivity index (χ4v) is 2.96. The topological polar surface area (TPSA) is 71.7 Å². The Bertz CT molecular complexity index is 486. The van der Waals surface area contributed by atoms with Crippen molar-refractivity contribution in [3.8, 4) is 0 Å². The van der Waals surface area contributed by atoms with Gasteiger partial charge >= 0.3 is 6.09 Å². The van der Waals surface area contributed by atoms with Gasteiger partial charge in [-0.15, -0.1) is 0 Å². The normalized spacial score (nSPS) is 20.9. The molecule has 2 saturated heterocycles. The molecule has 1 amide bonds. The van der Waals surface area contributed by atoms with E-state index < -0.39 is 0 Å². The van der Waals surface area contributed by atoms with Crippen LogP contribution in [-0.4, -0.2) is 48.3 Å². The van der Waals surface area contributed by atoms with Crippen molar-refractivity contribution in [3.63, 3.8) is 0 Å². The number of hydrogen-bond acceptors (Lipinski definition) is 5. The molecule has 0 bridgehead atoms. The third-order valence-corrected chi connectivity index (χ3v) is 4.03. The number of cyclic esters (lactones) is 1. The van der Waals surface area contributed by atoms with Gasteiger partial charge in [-0.2, -0.15) is 0 Å². The van der Waals surface area contributed by atoms with Gasteiger partial charge in [-0.25, -0.2) is 9.78 Å². The number of nitrogens with two attached hydrogens (primary N) is 1. The lowest BCUT2D eigenvalue weighted by Gasteiger charge is -2.40. The molecule has 108 valence electrons. The van der Waals surface area contributed by atoms with Crippen LogP contribution in [0.2, 0.25) is 0 Å². The molecule has 2 fully saturated rings. The molecule has 2 aliphatic rings. The molecule has 1 aromatic rings. The monoisotopic (exact) mass is 276 g/mol. The average Bonchev–Trinajstić information content (AvgIpc) is 2.49. The Kier molecular flexibility index (Phi) is 3.62. The van der Waals surface area contributed by atoms with E-state index in [0.717, 1.165) is 44.7 Å². The first kappa shape index (κ1) is 13.0. The maximum Gasteiger partial charge on any atom is 0.410 e. The van der Waals surface area contributed by atoms with E-state index in [2.05, 4.69) is 9.88 Å². The van der Waals surface area contributed by atoms with E-state index in [1.165, 1.54) is 0 Å². The minimum absolute atomic E-state index is 0.160. The number of ether oxygens (including phenoxy) is 1. The van der Waals surface area contributed by atoms with Crippen LogP contribution in [0.3, 0.4) is 0 Å². The molecule has 0 radical (unpaired) electrons. The second-order valence-electron chi connectivity index (χ2n) is 5.30. The summed E-state index contributed by atoms with van der Waals surface area (Å²) in [5, 5.41) is 0. The van der Waals surface area contributed by atoms with Crippen LogP contribution in [0.25, 0.3) is 0 Å². The van der Waals surface area contributed by atoms with Gasteiger partial charge in [0.1, 0.15) is 0 Å². The number of anilines is 2. The first-order valence-electron chi connectivity index (χ1n) is 7.14. The lowest BCUT2D eigenvalue weighted by Crippen LogP contribution is -2.50. The van der Waals surface area contributed by atoms with Gasteiger partial charge in [0.05, 0.1) is 12.3 Å². The van der Waals surface area contributed by atoms with E-state index in [0.29, 0.717) is 12.3 Å². The first-order valence-corrected chi connectivity index (χ1v) is 7.14. The van der Waals surface area contributed by atoms with Gasteiger partial charge in [0, 0.05) is 31.9 Å². The predicted molar refractivity (Wildman–Crippen MR) is 76.6 cm³/mol. The zero-order valence-electron chi connectivity index (χ0n) is 11.5. The Morgan fingerprint density at radius 3 is 2.80 bits per heavy atom. The van der Waals surface area contributed by atoms with Crippen LogP contribution in [-0.2, 0) is 4.74 Å². The van der Waals surface area contributed by atoms with Crippen molar-refractivity contribution in [1.29, 1.82) is 0 Å². The summed E-state index contributed by atoms with van der Waals surface area (Å²) in [6.07, 6.45) is 4.40. The molecule has 0 aromatic carbocycles. The van der Waals surface area contributed by atoms with Gasteiger partial charge in [0.15, 0.2) is 5.82 Å². The second-order valence-corrected chi connectivity index (χ2v) is 5.30. The smallest absolute Gasteiger partial charge is 0.410 e. The van der Waals surface area contributed by atoms with Crippen LogP contribution in [0.1, 0.15) is 19.3 Å². The average molecular weight is 276 g/mol. The third-order valence-electron chi connectivity index (χ3n) is 4.03. The third kappa shape index (κ3) is 2.50. The molecule has 0 unspecified atom stereocenters. The SMILES string of the molecule is Nc1cccnc1N1CCC(N2CCCOC2=O)CC1. The number of nitrogen functional groups attached to an aromatic ring is 1. The number of aromatic nitrogens is 1. The van der Waals surface area contributed by atoms with Gasteiger partial charge in [-0.3, -0.25) is 0 Å². The fraction of sp³-hybridized carbons (Fsp3) is 0.571. The molecular formula is C14H20N4O2. The summed E-state index contributed by atoms with van der Waals surface area (Å²) < 4.78 is 5.12. The highest BCUT2D eigenvalue weighted by atomic mass is 16.6. The number of rotatable bonds is 2. The summed E-state index contributed by atoms with van der Waals surface area (Å²) >= 11 is 0.